The summed E-state index contributed by atoms with van der Waals surface area (Å²) in [6, 6.07) is 3.93. The first-order chi connectivity index (χ1) is 11.8. The van der Waals surface area contributed by atoms with Crippen LogP contribution in [0.2, 0.25) is 0 Å². The normalized spacial score (nSPS) is 12.3. The number of rotatable bonds is 4. The van der Waals surface area contributed by atoms with Gasteiger partial charge >= 0.3 is 11.4 Å². The minimum absolute atomic E-state index is 0.0959. The van der Waals surface area contributed by atoms with Gasteiger partial charge < -0.3 is 4.74 Å². The maximum absolute atomic E-state index is 14.2. The number of aromatic amines is 1. The van der Waals surface area contributed by atoms with Crippen LogP contribution < -0.4 is 16.1 Å². The molecule has 2 heterocycles. The summed E-state index contributed by atoms with van der Waals surface area (Å²) in [7, 11) is 2.84. The SMILES string of the molecule is COc1ccc(C(=O)[C@@H](C)c2cnc3n(C)c(=O)[nH]c(=O)n23)c(F)c1. The van der Waals surface area contributed by atoms with E-state index in [-0.39, 0.29) is 17.0 Å². The molecule has 0 radical (unpaired) electrons. The number of ether oxygens (including phenoxy) is 1. The van der Waals surface area contributed by atoms with Gasteiger partial charge in [0, 0.05) is 13.1 Å². The van der Waals surface area contributed by atoms with Crippen molar-refractivity contribution in [2.75, 3.05) is 7.11 Å². The van der Waals surface area contributed by atoms with Gasteiger partial charge in [0.25, 0.3) is 0 Å². The topological polar surface area (TPSA) is 98.5 Å². The number of ketones is 1. The van der Waals surface area contributed by atoms with Crippen LogP contribution in [0.4, 0.5) is 4.39 Å². The van der Waals surface area contributed by atoms with Gasteiger partial charge in [-0.3, -0.25) is 14.3 Å². The second-order valence-corrected chi connectivity index (χ2v) is 5.54. The number of aryl methyl sites for hydroxylation is 1. The predicted octanol–water partition coefficient (Wildman–Crippen LogP) is 0.855. The molecule has 0 amide bonds. The maximum atomic E-state index is 14.2. The predicted molar refractivity (Wildman–Crippen MR) is 86.8 cm³/mol. The van der Waals surface area contributed by atoms with Gasteiger partial charge in [-0.05, 0) is 19.1 Å². The van der Waals surface area contributed by atoms with E-state index in [4.69, 9.17) is 4.74 Å². The summed E-state index contributed by atoms with van der Waals surface area (Å²) in [5.74, 6) is -1.69. The molecular formula is C16H15FN4O4. The number of carbonyl (C=O) groups excluding carboxylic acids is 1. The van der Waals surface area contributed by atoms with Crippen LogP contribution in [0.3, 0.4) is 0 Å². The molecule has 0 aliphatic rings. The molecule has 130 valence electrons. The van der Waals surface area contributed by atoms with Gasteiger partial charge in [-0.2, -0.15) is 0 Å². The number of halogens is 1. The summed E-state index contributed by atoms with van der Waals surface area (Å²) in [5, 5.41) is 0. The van der Waals surface area contributed by atoms with E-state index < -0.39 is 28.9 Å². The Morgan fingerprint density at radius 2 is 2.04 bits per heavy atom. The molecule has 3 aromatic rings. The van der Waals surface area contributed by atoms with Gasteiger partial charge in [0.15, 0.2) is 5.78 Å². The van der Waals surface area contributed by atoms with E-state index in [2.05, 4.69) is 9.97 Å². The van der Waals surface area contributed by atoms with E-state index >= 15 is 0 Å². The summed E-state index contributed by atoms with van der Waals surface area (Å²) in [6.07, 6.45) is 1.33. The minimum atomic E-state index is -0.850. The molecular weight excluding hydrogens is 331 g/mol. The Bertz CT molecular complexity index is 1100. The van der Waals surface area contributed by atoms with Crippen molar-refractivity contribution in [2.24, 2.45) is 7.05 Å². The van der Waals surface area contributed by atoms with E-state index in [1.165, 1.54) is 32.5 Å². The van der Waals surface area contributed by atoms with Gasteiger partial charge in [0.2, 0.25) is 5.78 Å². The first-order valence-corrected chi connectivity index (χ1v) is 7.39. The van der Waals surface area contributed by atoms with Crippen molar-refractivity contribution in [1.29, 1.82) is 0 Å². The van der Waals surface area contributed by atoms with E-state index in [0.717, 1.165) is 15.0 Å². The molecule has 9 heteroatoms. The highest BCUT2D eigenvalue weighted by atomic mass is 19.1. The number of fused-ring (bicyclic) bond motifs is 1. The number of H-pyrrole nitrogens is 1. The average Bonchev–Trinajstić information content (AvgIpc) is 3.04. The molecule has 1 aromatic carbocycles. The van der Waals surface area contributed by atoms with Crippen LogP contribution in [0.1, 0.15) is 28.9 Å². The third-order valence-electron chi connectivity index (χ3n) is 4.07. The number of imidazole rings is 1. The third-order valence-corrected chi connectivity index (χ3v) is 4.07. The van der Waals surface area contributed by atoms with Gasteiger partial charge in [-0.25, -0.2) is 23.4 Å². The highest BCUT2D eigenvalue weighted by molar-refractivity contribution is 6.00. The minimum Gasteiger partial charge on any atom is -0.497 e. The molecule has 0 spiro atoms. The zero-order chi connectivity index (χ0) is 18.3. The van der Waals surface area contributed by atoms with Crippen molar-refractivity contribution in [3.8, 4) is 5.75 Å². The van der Waals surface area contributed by atoms with Crippen LogP contribution in [-0.4, -0.2) is 31.8 Å². The molecule has 0 unspecified atom stereocenters. The molecule has 1 N–H and O–H groups in total. The lowest BCUT2D eigenvalue weighted by Gasteiger charge is -2.11. The number of benzene rings is 1. The summed E-state index contributed by atoms with van der Waals surface area (Å²) < 4.78 is 21.4. The maximum Gasteiger partial charge on any atom is 0.336 e. The van der Waals surface area contributed by atoms with Gasteiger partial charge in [-0.15, -0.1) is 0 Å². The first-order valence-electron chi connectivity index (χ1n) is 7.39. The second-order valence-electron chi connectivity index (χ2n) is 5.54. The number of hydrogen-bond acceptors (Lipinski definition) is 5. The van der Waals surface area contributed by atoms with Gasteiger partial charge in [-0.1, -0.05) is 0 Å². The molecule has 0 aliphatic heterocycles. The number of hydrogen-bond donors (Lipinski definition) is 1. The number of methoxy groups -OCH3 is 1. The highest BCUT2D eigenvalue weighted by Gasteiger charge is 2.25. The van der Waals surface area contributed by atoms with Crippen LogP contribution in [0.5, 0.6) is 5.75 Å². The van der Waals surface area contributed by atoms with E-state index in [1.807, 2.05) is 0 Å². The molecule has 25 heavy (non-hydrogen) atoms. The number of Topliss-reactive ketones (excluding diaryl/α,β-unsaturated/α-hetero) is 1. The fourth-order valence-corrected chi connectivity index (χ4v) is 2.62. The van der Waals surface area contributed by atoms with E-state index in [9.17, 15) is 18.8 Å². The van der Waals surface area contributed by atoms with Crippen molar-refractivity contribution in [2.45, 2.75) is 12.8 Å². The van der Waals surface area contributed by atoms with Crippen LogP contribution in [-0.2, 0) is 7.05 Å². The molecule has 0 aliphatic carbocycles. The summed E-state index contributed by atoms with van der Waals surface area (Å²) >= 11 is 0. The highest BCUT2D eigenvalue weighted by Crippen LogP contribution is 2.24. The van der Waals surface area contributed by atoms with Gasteiger partial charge in [0.1, 0.15) is 11.6 Å². The van der Waals surface area contributed by atoms with Crippen LogP contribution in [0.25, 0.3) is 5.78 Å². The third kappa shape index (κ3) is 2.63. The molecule has 8 nitrogen and oxygen atoms in total. The molecule has 0 bridgehead atoms. The molecule has 3 rings (SSSR count). The van der Waals surface area contributed by atoms with Gasteiger partial charge in [0.05, 0.1) is 30.5 Å². The Kier molecular flexibility index (Phi) is 3.99. The number of aromatic nitrogens is 4. The quantitative estimate of drug-likeness (QED) is 0.707. The first kappa shape index (κ1) is 16.6. The van der Waals surface area contributed by atoms with Crippen molar-refractivity contribution in [3.05, 3.63) is 62.4 Å². The van der Waals surface area contributed by atoms with E-state index in [0.29, 0.717) is 5.75 Å². The fraction of sp³-hybridized carbons (Fsp3) is 0.250. The summed E-state index contributed by atoms with van der Waals surface area (Å²) in [4.78, 5) is 42.6. The zero-order valence-electron chi connectivity index (χ0n) is 13.7. The van der Waals surface area contributed by atoms with E-state index in [1.54, 1.807) is 6.92 Å². The summed E-state index contributed by atoms with van der Waals surface area (Å²) in [5.41, 5.74) is -1.19. The Balaban J connectivity index is 2.10. The Morgan fingerprint density at radius 1 is 1.32 bits per heavy atom. The lowest BCUT2D eigenvalue weighted by atomic mass is 9.96. The zero-order valence-corrected chi connectivity index (χ0v) is 13.7. The average molecular weight is 346 g/mol. The Morgan fingerprint density at radius 3 is 2.68 bits per heavy atom. The standard InChI is InChI=1S/C16H15FN4O4/c1-8(13(22)10-5-4-9(25-3)6-11(10)17)12-7-18-14-20(2)15(23)19-16(24)21(12)14/h4-8H,1-3H3,(H,19,23,24)/t8-/m0/s1. The second kappa shape index (κ2) is 6.00. The smallest absolute Gasteiger partial charge is 0.336 e. The lowest BCUT2D eigenvalue weighted by Crippen LogP contribution is -2.34. The van der Waals surface area contributed by atoms with Crippen LogP contribution in [0, 0.1) is 5.82 Å². The molecule has 0 saturated heterocycles. The monoisotopic (exact) mass is 346 g/mol. The number of nitrogens with one attached hydrogen (secondary N) is 1. The van der Waals surface area contributed by atoms with Crippen LogP contribution in [0.15, 0.2) is 34.0 Å². The van der Waals surface area contributed by atoms with Crippen molar-refractivity contribution in [1.82, 2.24) is 18.9 Å². The lowest BCUT2D eigenvalue weighted by molar-refractivity contribution is 0.0960. The Labute approximate surface area is 140 Å². The Hall–Kier alpha value is -3.23. The number of nitrogens with zero attached hydrogens (tertiary/aromatic N) is 3. The van der Waals surface area contributed by atoms with Crippen molar-refractivity contribution < 1.29 is 13.9 Å². The van der Waals surface area contributed by atoms with Crippen molar-refractivity contribution in [3.63, 3.8) is 0 Å². The fourth-order valence-electron chi connectivity index (χ4n) is 2.62. The van der Waals surface area contributed by atoms with Crippen LogP contribution >= 0.6 is 0 Å². The molecule has 2 aromatic heterocycles. The summed E-state index contributed by atoms with van der Waals surface area (Å²) in [6.45, 7) is 1.54. The largest absolute Gasteiger partial charge is 0.497 e. The number of carbonyl (C=O) groups is 1. The molecule has 0 fully saturated rings. The molecule has 0 saturated carbocycles. The molecule has 1 atom stereocenters. The van der Waals surface area contributed by atoms with Crippen molar-refractivity contribution >= 4 is 11.6 Å².